The molecule has 0 bridgehead atoms. The molecule has 0 aliphatic heterocycles. The molecule has 0 saturated heterocycles. The number of aromatic nitrogens is 1. The van der Waals surface area contributed by atoms with Crippen molar-refractivity contribution in [1.29, 1.82) is 0 Å². The third kappa shape index (κ3) is 5.10. The smallest absolute Gasteiger partial charge is 0.356 e. The summed E-state index contributed by atoms with van der Waals surface area (Å²) in [6.45, 7) is 1.77. The third-order valence-electron chi connectivity index (χ3n) is 3.77. The fraction of sp³-hybridized carbons (Fsp3) is 0.222. The lowest BCUT2D eigenvalue weighted by atomic mass is 10.2. The number of carbonyl (C=O) groups excluding carboxylic acids is 2. The third-order valence-corrected chi connectivity index (χ3v) is 5.65. The minimum atomic E-state index is -0.865. The lowest BCUT2D eigenvalue weighted by molar-refractivity contribution is -0.112. The van der Waals surface area contributed by atoms with E-state index in [4.69, 9.17) is 72.2 Å². The Bertz CT molecular complexity index is 1060. The van der Waals surface area contributed by atoms with Gasteiger partial charge in [0.15, 0.2) is 11.5 Å². The van der Waals surface area contributed by atoms with Gasteiger partial charge in [0.2, 0.25) is 0 Å². The molecule has 7 nitrogen and oxygen atoms in total. The molecule has 30 heavy (non-hydrogen) atoms. The molecule has 1 aromatic heterocycles. The number of rotatable bonds is 7. The topological polar surface area (TPSA) is 89.7 Å². The van der Waals surface area contributed by atoms with Crippen molar-refractivity contribution >= 4 is 86.5 Å². The summed E-state index contributed by atoms with van der Waals surface area (Å²) in [4.78, 5) is 28.0. The summed E-state index contributed by atoms with van der Waals surface area (Å²) < 4.78 is 15.2. The van der Waals surface area contributed by atoms with Crippen LogP contribution in [-0.4, -0.2) is 37.7 Å². The molecule has 0 atom stereocenters. The van der Waals surface area contributed by atoms with E-state index in [-0.39, 0.29) is 32.5 Å². The van der Waals surface area contributed by atoms with Crippen molar-refractivity contribution in [2.45, 2.75) is 6.92 Å². The number of ether oxygens (including phenoxy) is 3. The van der Waals surface area contributed by atoms with E-state index in [9.17, 15) is 9.59 Å². The van der Waals surface area contributed by atoms with Crippen molar-refractivity contribution in [3.05, 3.63) is 37.4 Å². The van der Waals surface area contributed by atoms with Gasteiger partial charge in [0.05, 0.1) is 42.1 Å². The second kappa shape index (κ2) is 10.5. The van der Waals surface area contributed by atoms with Gasteiger partial charge in [-0.25, -0.2) is 4.79 Å². The van der Waals surface area contributed by atoms with Crippen LogP contribution >= 0.6 is 58.0 Å². The van der Waals surface area contributed by atoms with Crippen LogP contribution < -0.4 is 14.8 Å². The lowest BCUT2D eigenvalue weighted by Gasteiger charge is -2.10. The SMILES string of the molecule is CCOC(=O)c1[nH]c2cc(OC)c(OC)cc2c1NC(=O)/C(Cl)=C(\Cl)C(Cl)=C(Cl)Cl. The second-order valence-electron chi connectivity index (χ2n) is 5.50. The van der Waals surface area contributed by atoms with Gasteiger partial charge in [0.1, 0.15) is 15.2 Å². The molecule has 12 heteroatoms. The molecule has 0 radical (unpaired) electrons. The van der Waals surface area contributed by atoms with Crippen molar-refractivity contribution in [2.75, 3.05) is 26.1 Å². The van der Waals surface area contributed by atoms with E-state index in [1.807, 2.05) is 0 Å². The Morgan fingerprint density at radius 1 is 0.967 bits per heavy atom. The van der Waals surface area contributed by atoms with Crippen LogP contribution in [0.3, 0.4) is 0 Å². The van der Waals surface area contributed by atoms with Gasteiger partial charge in [0, 0.05) is 11.5 Å². The van der Waals surface area contributed by atoms with E-state index in [0.717, 1.165) is 0 Å². The number of allylic oxidation sites excluding steroid dienone is 2. The van der Waals surface area contributed by atoms with Crippen molar-refractivity contribution in [1.82, 2.24) is 4.98 Å². The van der Waals surface area contributed by atoms with Gasteiger partial charge in [-0.3, -0.25) is 4.79 Å². The second-order valence-corrected chi connectivity index (χ2v) is 7.59. The zero-order chi connectivity index (χ0) is 22.6. The number of nitrogens with one attached hydrogen (secondary N) is 2. The molecule has 162 valence electrons. The molecule has 2 aromatic rings. The normalized spacial score (nSPS) is 11.6. The van der Waals surface area contributed by atoms with Crippen LogP contribution in [0.5, 0.6) is 11.5 Å². The summed E-state index contributed by atoms with van der Waals surface area (Å²) in [7, 11) is 2.91. The average Bonchev–Trinajstić information content (AvgIpc) is 3.08. The number of hydrogen-bond acceptors (Lipinski definition) is 5. The number of aromatic amines is 1. The number of benzene rings is 1. The molecule has 2 N–H and O–H groups in total. The Labute approximate surface area is 196 Å². The van der Waals surface area contributed by atoms with Crippen molar-refractivity contribution in [2.24, 2.45) is 0 Å². The highest BCUT2D eigenvalue weighted by molar-refractivity contribution is 6.62. The number of amides is 1. The highest BCUT2D eigenvalue weighted by Crippen LogP contribution is 2.38. The summed E-state index contributed by atoms with van der Waals surface area (Å²) >= 11 is 28.9. The van der Waals surface area contributed by atoms with Crippen molar-refractivity contribution < 1.29 is 23.8 Å². The summed E-state index contributed by atoms with van der Waals surface area (Å²) in [6, 6.07) is 3.18. The Kier molecular flexibility index (Phi) is 8.58. The fourth-order valence-corrected chi connectivity index (χ4v) is 3.21. The Balaban J connectivity index is 2.64. The molecule has 1 aromatic carbocycles. The molecular formula is C18H15Cl5N2O5. The van der Waals surface area contributed by atoms with Crippen LogP contribution in [0.4, 0.5) is 5.69 Å². The van der Waals surface area contributed by atoms with Gasteiger partial charge in [0.25, 0.3) is 5.91 Å². The standard InChI is InChI=1S/C18H15Cl5N2O5/c1-4-30-18(27)15-14(25-17(26)13(21)11(19)12(20)16(22)23)7-5-9(28-2)10(29-3)6-8(7)24-15/h5-6,24H,4H2,1-3H3,(H,25,26)/b13-11+. The number of esters is 1. The average molecular weight is 517 g/mol. The molecule has 1 heterocycles. The maximum atomic E-state index is 12.7. The van der Waals surface area contributed by atoms with Crippen LogP contribution in [0.25, 0.3) is 10.9 Å². The first kappa shape index (κ1) is 24.5. The predicted molar refractivity (Wildman–Crippen MR) is 119 cm³/mol. The van der Waals surface area contributed by atoms with E-state index in [0.29, 0.717) is 22.4 Å². The monoisotopic (exact) mass is 514 g/mol. The first-order valence-corrected chi connectivity index (χ1v) is 10.1. The molecule has 0 aliphatic carbocycles. The number of hydrogen-bond donors (Lipinski definition) is 2. The minimum absolute atomic E-state index is 0.0203. The molecule has 0 aliphatic rings. The molecule has 1 amide bonds. The van der Waals surface area contributed by atoms with E-state index in [2.05, 4.69) is 10.3 Å². The number of anilines is 1. The fourth-order valence-electron chi connectivity index (χ4n) is 2.45. The van der Waals surface area contributed by atoms with Gasteiger partial charge >= 0.3 is 5.97 Å². The Hall–Kier alpha value is -1.77. The summed E-state index contributed by atoms with van der Waals surface area (Å²) in [5, 5.41) is 1.79. The van der Waals surface area contributed by atoms with Crippen LogP contribution in [0.2, 0.25) is 0 Å². The molecular weight excluding hydrogens is 501 g/mol. The quantitative estimate of drug-likeness (QED) is 0.273. The molecule has 0 spiro atoms. The zero-order valence-corrected chi connectivity index (χ0v) is 19.6. The highest BCUT2D eigenvalue weighted by atomic mass is 35.5. The first-order valence-electron chi connectivity index (χ1n) is 8.18. The maximum Gasteiger partial charge on any atom is 0.356 e. The number of halogens is 5. The highest BCUT2D eigenvalue weighted by Gasteiger charge is 2.25. The van der Waals surface area contributed by atoms with Gasteiger partial charge in [-0.15, -0.1) is 0 Å². The Morgan fingerprint density at radius 2 is 1.57 bits per heavy atom. The Morgan fingerprint density at radius 3 is 2.10 bits per heavy atom. The summed E-state index contributed by atoms with van der Waals surface area (Å²) in [6.07, 6.45) is 0. The largest absolute Gasteiger partial charge is 0.493 e. The summed E-state index contributed by atoms with van der Waals surface area (Å²) in [5.74, 6) is -0.783. The van der Waals surface area contributed by atoms with Crippen LogP contribution in [0.15, 0.2) is 31.7 Å². The van der Waals surface area contributed by atoms with E-state index >= 15 is 0 Å². The van der Waals surface area contributed by atoms with Gasteiger partial charge in [-0.1, -0.05) is 58.0 Å². The van der Waals surface area contributed by atoms with Crippen LogP contribution in [-0.2, 0) is 9.53 Å². The van der Waals surface area contributed by atoms with Gasteiger partial charge < -0.3 is 24.5 Å². The van der Waals surface area contributed by atoms with Gasteiger partial charge in [-0.05, 0) is 13.0 Å². The minimum Gasteiger partial charge on any atom is -0.493 e. The molecule has 0 saturated carbocycles. The van der Waals surface area contributed by atoms with E-state index < -0.39 is 16.9 Å². The van der Waals surface area contributed by atoms with Crippen LogP contribution in [0, 0.1) is 0 Å². The van der Waals surface area contributed by atoms with Crippen LogP contribution in [0.1, 0.15) is 17.4 Å². The van der Waals surface area contributed by atoms with E-state index in [1.165, 1.54) is 14.2 Å². The van der Waals surface area contributed by atoms with E-state index in [1.54, 1.807) is 19.1 Å². The summed E-state index contributed by atoms with van der Waals surface area (Å²) in [5.41, 5.74) is 0.543. The number of H-pyrrole nitrogens is 1. The first-order chi connectivity index (χ1) is 14.2. The molecule has 0 fully saturated rings. The van der Waals surface area contributed by atoms with Crippen molar-refractivity contribution in [3.63, 3.8) is 0 Å². The number of carbonyl (C=O) groups is 2. The van der Waals surface area contributed by atoms with Crippen molar-refractivity contribution in [3.8, 4) is 11.5 Å². The number of fused-ring (bicyclic) bond motifs is 1. The number of methoxy groups -OCH3 is 2. The zero-order valence-electron chi connectivity index (χ0n) is 15.8. The molecule has 0 unspecified atom stereocenters. The lowest BCUT2D eigenvalue weighted by Crippen LogP contribution is -2.16. The van der Waals surface area contributed by atoms with Gasteiger partial charge in [-0.2, -0.15) is 0 Å². The predicted octanol–water partition coefficient (Wildman–Crippen LogP) is 5.88. The maximum absolute atomic E-state index is 12.7. The molecule has 2 rings (SSSR count).